The lowest BCUT2D eigenvalue weighted by molar-refractivity contribution is -0.138. The van der Waals surface area contributed by atoms with Crippen molar-refractivity contribution < 1.29 is 9.59 Å². The molecule has 3 saturated heterocycles. The fraction of sp³-hybridized carbons (Fsp3) is 0.889. The maximum Gasteiger partial charge on any atom is 0.320 e. The Hall–Kier alpha value is -1.01. The molecule has 144 valence electrons. The summed E-state index contributed by atoms with van der Waals surface area (Å²) in [7, 11) is 1.98. The molecule has 3 heterocycles. The first-order valence-corrected chi connectivity index (χ1v) is 9.66. The molecule has 1 N–H and O–H groups in total. The van der Waals surface area contributed by atoms with E-state index in [0.29, 0.717) is 12.5 Å². The third-order valence-corrected chi connectivity index (χ3v) is 5.74. The van der Waals surface area contributed by atoms with Crippen LogP contribution in [-0.2, 0) is 4.79 Å². The second-order valence-corrected chi connectivity index (χ2v) is 7.61. The van der Waals surface area contributed by atoms with Crippen LogP contribution < -0.4 is 5.32 Å². The molecule has 0 aliphatic carbocycles. The Bertz CT molecular complexity index is 454. The molecule has 3 fully saturated rings. The van der Waals surface area contributed by atoms with Crippen LogP contribution in [0.4, 0.5) is 4.79 Å². The van der Waals surface area contributed by atoms with Crippen molar-refractivity contribution in [1.29, 1.82) is 0 Å². The molecule has 0 bridgehead atoms. The van der Waals surface area contributed by atoms with Crippen LogP contribution in [0.1, 0.15) is 38.5 Å². The minimum Gasteiger partial charge on any atom is -0.342 e. The van der Waals surface area contributed by atoms with Gasteiger partial charge in [0.15, 0.2) is 0 Å². The van der Waals surface area contributed by atoms with Crippen molar-refractivity contribution in [3.05, 3.63) is 0 Å². The first-order valence-electron chi connectivity index (χ1n) is 9.66. The summed E-state index contributed by atoms with van der Waals surface area (Å²) < 4.78 is 0. The monoisotopic (exact) mass is 372 g/mol. The number of rotatable bonds is 3. The molecule has 25 heavy (non-hydrogen) atoms. The standard InChI is InChI=1S/C18H32N4O2.ClH/c1-19-12-15-6-4-10-21(13-15)17(23)16-7-5-11-22(14-16)18(24)20-8-2-3-9-20;/h15-16,19H,2-14H2,1H3;1H. The number of likely N-dealkylation sites (tertiary alicyclic amines) is 3. The number of carbonyl (C=O) groups excluding carboxylic acids is 2. The predicted octanol–water partition coefficient (Wildman–Crippen LogP) is 1.79. The molecular weight excluding hydrogens is 340 g/mol. The number of hydrogen-bond donors (Lipinski definition) is 1. The van der Waals surface area contributed by atoms with Crippen molar-refractivity contribution in [1.82, 2.24) is 20.0 Å². The molecule has 2 unspecified atom stereocenters. The third-order valence-electron chi connectivity index (χ3n) is 5.74. The number of urea groups is 1. The molecule has 3 amide bonds. The lowest BCUT2D eigenvalue weighted by atomic mass is 9.93. The van der Waals surface area contributed by atoms with Gasteiger partial charge < -0.3 is 20.0 Å². The highest BCUT2D eigenvalue weighted by molar-refractivity contribution is 5.85. The molecule has 0 radical (unpaired) electrons. The largest absolute Gasteiger partial charge is 0.342 e. The van der Waals surface area contributed by atoms with E-state index in [1.165, 1.54) is 6.42 Å². The molecule has 0 aromatic carbocycles. The van der Waals surface area contributed by atoms with Gasteiger partial charge in [0.25, 0.3) is 0 Å². The molecule has 0 aromatic heterocycles. The zero-order valence-electron chi connectivity index (χ0n) is 15.4. The van der Waals surface area contributed by atoms with Gasteiger partial charge in [-0.15, -0.1) is 12.4 Å². The van der Waals surface area contributed by atoms with E-state index in [1.807, 2.05) is 16.8 Å². The van der Waals surface area contributed by atoms with Gasteiger partial charge in [-0.25, -0.2) is 4.79 Å². The van der Waals surface area contributed by atoms with Crippen molar-refractivity contribution in [2.45, 2.75) is 38.5 Å². The first-order chi connectivity index (χ1) is 11.7. The Morgan fingerprint density at radius 3 is 2.24 bits per heavy atom. The molecule has 7 heteroatoms. The van der Waals surface area contributed by atoms with E-state index in [0.717, 1.165) is 71.4 Å². The third kappa shape index (κ3) is 5.00. The molecule has 0 aromatic rings. The van der Waals surface area contributed by atoms with Crippen LogP contribution in [0.2, 0.25) is 0 Å². The number of hydrogen-bond acceptors (Lipinski definition) is 3. The van der Waals surface area contributed by atoms with Crippen molar-refractivity contribution in [2.75, 3.05) is 52.9 Å². The van der Waals surface area contributed by atoms with Gasteiger partial charge in [0.05, 0.1) is 5.92 Å². The highest BCUT2D eigenvalue weighted by Crippen LogP contribution is 2.24. The molecule has 3 rings (SSSR count). The molecule has 2 atom stereocenters. The Kier molecular flexibility index (Phi) is 7.81. The van der Waals surface area contributed by atoms with Gasteiger partial charge in [0.2, 0.25) is 5.91 Å². The van der Waals surface area contributed by atoms with E-state index in [9.17, 15) is 9.59 Å². The number of nitrogens with zero attached hydrogens (tertiary/aromatic N) is 3. The second kappa shape index (κ2) is 9.62. The van der Waals surface area contributed by atoms with Crippen molar-refractivity contribution >= 4 is 24.3 Å². The van der Waals surface area contributed by atoms with Gasteiger partial charge >= 0.3 is 6.03 Å². The number of nitrogens with one attached hydrogen (secondary N) is 1. The average Bonchev–Trinajstić information content (AvgIpc) is 3.16. The van der Waals surface area contributed by atoms with Crippen molar-refractivity contribution in [2.24, 2.45) is 11.8 Å². The topological polar surface area (TPSA) is 55.9 Å². The van der Waals surface area contributed by atoms with Crippen LogP contribution in [0, 0.1) is 11.8 Å². The second-order valence-electron chi connectivity index (χ2n) is 7.61. The van der Waals surface area contributed by atoms with Crippen LogP contribution in [0.15, 0.2) is 0 Å². The number of carbonyl (C=O) groups is 2. The summed E-state index contributed by atoms with van der Waals surface area (Å²) in [6.07, 6.45) is 6.40. The Labute approximate surface area is 157 Å². The van der Waals surface area contributed by atoms with E-state index >= 15 is 0 Å². The lowest BCUT2D eigenvalue weighted by Gasteiger charge is -2.39. The van der Waals surface area contributed by atoms with Crippen LogP contribution in [0.5, 0.6) is 0 Å². The highest BCUT2D eigenvalue weighted by atomic mass is 35.5. The minimum atomic E-state index is -0.00126. The summed E-state index contributed by atoms with van der Waals surface area (Å²) in [5.74, 6) is 0.840. The molecule has 3 aliphatic rings. The summed E-state index contributed by atoms with van der Waals surface area (Å²) in [5, 5.41) is 3.23. The van der Waals surface area contributed by atoms with Gasteiger partial charge in [-0.3, -0.25) is 4.79 Å². The Morgan fingerprint density at radius 2 is 1.52 bits per heavy atom. The molecular formula is C18H33ClN4O2. The fourth-order valence-corrected chi connectivity index (χ4v) is 4.44. The average molecular weight is 373 g/mol. The van der Waals surface area contributed by atoms with E-state index in [2.05, 4.69) is 10.2 Å². The Morgan fingerprint density at radius 1 is 0.880 bits per heavy atom. The van der Waals surface area contributed by atoms with Crippen molar-refractivity contribution in [3.63, 3.8) is 0 Å². The SMILES string of the molecule is CNCC1CCCN(C(=O)C2CCCN(C(=O)N3CCCC3)C2)C1.Cl. The summed E-state index contributed by atoms with van der Waals surface area (Å²) in [4.78, 5) is 31.5. The van der Waals surface area contributed by atoms with Gasteiger partial charge in [-0.05, 0) is 58.0 Å². The van der Waals surface area contributed by atoms with Gasteiger partial charge in [0.1, 0.15) is 0 Å². The number of piperidine rings is 2. The van der Waals surface area contributed by atoms with Crippen LogP contribution in [0.3, 0.4) is 0 Å². The molecule has 0 spiro atoms. The van der Waals surface area contributed by atoms with E-state index in [4.69, 9.17) is 0 Å². The summed E-state index contributed by atoms with van der Waals surface area (Å²) in [6, 6.07) is 0.150. The van der Waals surface area contributed by atoms with E-state index < -0.39 is 0 Å². The van der Waals surface area contributed by atoms with E-state index in [1.54, 1.807) is 0 Å². The van der Waals surface area contributed by atoms with E-state index in [-0.39, 0.29) is 30.3 Å². The Balaban J connectivity index is 0.00000225. The zero-order valence-corrected chi connectivity index (χ0v) is 16.2. The van der Waals surface area contributed by atoms with Crippen LogP contribution >= 0.6 is 12.4 Å². The molecule has 6 nitrogen and oxygen atoms in total. The zero-order chi connectivity index (χ0) is 16.9. The summed E-state index contributed by atoms with van der Waals surface area (Å²) >= 11 is 0. The van der Waals surface area contributed by atoms with Crippen LogP contribution in [0.25, 0.3) is 0 Å². The maximum absolute atomic E-state index is 12.9. The smallest absolute Gasteiger partial charge is 0.320 e. The first kappa shape index (κ1) is 20.3. The van der Waals surface area contributed by atoms with Crippen LogP contribution in [-0.4, -0.2) is 79.5 Å². The fourth-order valence-electron chi connectivity index (χ4n) is 4.44. The normalized spacial score (nSPS) is 27.2. The van der Waals surface area contributed by atoms with Gasteiger partial charge in [-0.1, -0.05) is 0 Å². The van der Waals surface area contributed by atoms with Gasteiger partial charge in [0, 0.05) is 39.3 Å². The number of halogens is 1. The summed E-state index contributed by atoms with van der Waals surface area (Å²) in [5.41, 5.74) is 0. The minimum absolute atomic E-state index is 0. The van der Waals surface area contributed by atoms with Crippen molar-refractivity contribution in [3.8, 4) is 0 Å². The molecule has 3 aliphatic heterocycles. The maximum atomic E-state index is 12.9. The summed E-state index contributed by atoms with van der Waals surface area (Å²) in [6.45, 7) is 5.92. The predicted molar refractivity (Wildman–Crippen MR) is 101 cm³/mol. The number of amides is 3. The highest BCUT2D eigenvalue weighted by Gasteiger charge is 2.34. The molecule has 0 saturated carbocycles. The quantitative estimate of drug-likeness (QED) is 0.821. The van der Waals surface area contributed by atoms with Gasteiger partial charge in [-0.2, -0.15) is 0 Å². The lowest BCUT2D eigenvalue weighted by Crippen LogP contribution is -2.52.